The third kappa shape index (κ3) is 1.57. The van der Waals surface area contributed by atoms with Gasteiger partial charge < -0.3 is 15.2 Å². The van der Waals surface area contributed by atoms with Crippen molar-refractivity contribution in [2.24, 2.45) is 0 Å². The zero-order chi connectivity index (χ0) is 12.8. The second-order valence-electron chi connectivity index (χ2n) is 4.28. The molecule has 19 heavy (non-hydrogen) atoms. The van der Waals surface area contributed by atoms with E-state index in [1.165, 1.54) is 0 Å². The lowest BCUT2D eigenvalue weighted by Gasteiger charge is -2.18. The van der Waals surface area contributed by atoms with Gasteiger partial charge in [-0.1, -0.05) is 0 Å². The van der Waals surface area contributed by atoms with Crippen molar-refractivity contribution in [3.05, 3.63) is 29.8 Å². The highest BCUT2D eigenvalue weighted by Gasteiger charge is 2.15. The number of thiazole rings is 1. The number of hydrogen-bond donors (Lipinski definition) is 1. The molecule has 1 aliphatic rings. The minimum absolute atomic E-state index is 0.586. The number of imidazole rings is 1. The van der Waals surface area contributed by atoms with E-state index in [9.17, 15) is 0 Å². The molecular weight excluding hydrogens is 262 g/mol. The molecule has 0 bridgehead atoms. The van der Waals surface area contributed by atoms with Gasteiger partial charge in [0, 0.05) is 10.9 Å². The first-order chi connectivity index (χ1) is 9.33. The molecule has 0 saturated carbocycles. The lowest BCUT2D eigenvalue weighted by molar-refractivity contribution is 0.171. The molecule has 0 fully saturated rings. The summed E-state index contributed by atoms with van der Waals surface area (Å²) in [6, 6.07) is 5.92. The van der Waals surface area contributed by atoms with Crippen molar-refractivity contribution in [2.75, 3.05) is 18.9 Å². The van der Waals surface area contributed by atoms with Gasteiger partial charge in [-0.2, -0.15) is 0 Å². The fourth-order valence-corrected chi connectivity index (χ4v) is 3.11. The minimum atomic E-state index is 0.586. The van der Waals surface area contributed by atoms with E-state index in [1.54, 1.807) is 17.5 Å². The molecule has 0 unspecified atom stereocenters. The molecule has 1 aromatic carbocycles. The van der Waals surface area contributed by atoms with Crippen LogP contribution in [0.25, 0.3) is 16.2 Å². The van der Waals surface area contributed by atoms with Crippen LogP contribution in [0.2, 0.25) is 0 Å². The van der Waals surface area contributed by atoms with Crippen LogP contribution in [-0.4, -0.2) is 22.6 Å². The fourth-order valence-electron chi connectivity index (χ4n) is 2.23. The summed E-state index contributed by atoms with van der Waals surface area (Å²) in [6.45, 7) is 1.19. The Bertz CT molecular complexity index is 762. The molecular formula is C13H11N3O2S. The Hall–Kier alpha value is -2.21. The van der Waals surface area contributed by atoms with Crippen LogP contribution >= 0.6 is 11.3 Å². The molecule has 3 aromatic rings. The van der Waals surface area contributed by atoms with Gasteiger partial charge in [0.1, 0.15) is 19.0 Å². The van der Waals surface area contributed by atoms with Gasteiger partial charge in [-0.05, 0) is 18.2 Å². The third-order valence-corrected chi connectivity index (χ3v) is 3.95. The van der Waals surface area contributed by atoms with E-state index in [0.29, 0.717) is 19.0 Å². The van der Waals surface area contributed by atoms with Crippen LogP contribution in [0, 0.1) is 0 Å². The summed E-state index contributed by atoms with van der Waals surface area (Å²) in [5, 5.41) is 2.05. The van der Waals surface area contributed by atoms with Crippen molar-refractivity contribution in [1.82, 2.24) is 9.38 Å². The quantitative estimate of drug-likeness (QED) is 0.739. The van der Waals surface area contributed by atoms with Gasteiger partial charge in [0.2, 0.25) is 0 Å². The van der Waals surface area contributed by atoms with Gasteiger partial charge in [-0.25, -0.2) is 4.98 Å². The Morgan fingerprint density at radius 3 is 2.95 bits per heavy atom. The summed E-state index contributed by atoms with van der Waals surface area (Å²) in [5.41, 5.74) is 8.01. The molecule has 4 rings (SSSR count). The number of nitrogens with zero attached hydrogens (tertiary/aromatic N) is 2. The number of nitrogens with two attached hydrogens (primary N) is 1. The zero-order valence-electron chi connectivity index (χ0n) is 10.00. The summed E-state index contributed by atoms with van der Waals surface area (Å²) in [5.74, 6) is 2.21. The van der Waals surface area contributed by atoms with Gasteiger partial charge in [-0.15, -0.1) is 11.3 Å². The standard InChI is InChI=1S/C13H11N3O2S/c14-12-6-15-13-16(12)9(7-19-13)8-1-2-10-11(5-8)18-4-3-17-10/h1-2,5-7H,3-4,14H2. The second-order valence-corrected chi connectivity index (χ2v) is 5.12. The number of rotatable bonds is 1. The number of anilines is 1. The molecule has 0 saturated heterocycles. The molecule has 96 valence electrons. The van der Waals surface area contributed by atoms with Crippen LogP contribution in [0.1, 0.15) is 0 Å². The van der Waals surface area contributed by atoms with Crippen LogP contribution in [0.3, 0.4) is 0 Å². The van der Waals surface area contributed by atoms with Gasteiger partial charge in [-0.3, -0.25) is 4.40 Å². The van der Waals surface area contributed by atoms with Crippen LogP contribution < -0.4 is 15.2 Å². The molecule has 0 amide bonds. The molecule has 2 N–H and O–H groups in total. The highest BCUT2D eigenvalue weighted by Crippen LogP contribution is 2.36. The average Bonchev–Trinajstić information content (AvgIpc) is 3.02. The topological polar surface area (TPSA) is 61.8 Å². The third-order valence-electron chi connectivity index (χ3n) is 3.11. The van der Waals surface area contributed by atoms with Gasteiger partial charge in [0.05, 0.1) is 11.9 Å². The molecule has 0 radical (unpaired) electrons. The molecule has 1 aliphatic heterocycles. The predicted octanol–water partition coefficient (Wildman–Crippen LogP) is 2.42. The summed E-state index contributed by atoms with van der Waals surface area (Å²) >= 11 is 1.57. The van der Waals surface area contributed by atoms with E-state index < -0.39 is 0 Å². The smallest absolute Gasteiger partial charge is 0.195 e. The van der Waals surface area contributed by atoms with Crippen molar-refractivity contribution < 1.29 is 9.47 Å². The summed E-state index contributed by atoms with van der Waals surface area (Å²) in [4.78, 5) is 5.14. The molecule has 5 nitrogen and oxygen atoms in total. The maximum Gasteiger partial charge on any atom is 0.195 e. The van der Waals surface area contributed by atoms with Crippen molar-refractivity contribution in [2.45, 2.75) is 0 Å². The van der Waals surface area contributed by atoms with Crippen molar-refractivity contribution in [3.8, 4) is 22.8 Å². The van der Waals surface area contributed by atoms with E-state index in [0.717, 1.165) is 27.7 Å². The Morgan fingerprint density at radius 2 is 2.05 bits per heavy atom. The Balaban J connectivity index is 1.90. The van der Waals surface area contributed by atoms with E-state index >= 15 is 0 Å². The highest BCUT2D eigenvalue weighted by molar-refractivity contribution is 7.15. The van der Waals surface area contributed by atoms with E-state index in [2.05, 4.69) is 4.98 Å². The van der Waals surface area contributed by atoms with E-state index in [-0.39, 0.29) is 0 Å². The van der Waals surface area contributed by atoms with E-state index in [1.807, 2.05) is 28.0 Å². The Morgan fingerprint density at radius 1 is 1.21 bits per heavy atom. The number of aromatic nitrogens is 2. The molecule has 3 heterocycles. The maximum absolute atomic E-state index is 5.95. The molecule has 0 spiro atoms. The first kappa shape index (κ1) is 10.7. The number of hydrogen-bond acceptors (Lipinski definition) is 5. The molecule has 0 atom stereocenters. The Labute approximate surface area is 113 Å². The number of benzene rings is 1. The van der Waals surface area contributed by atoms with Gasteiger partial charge in [0.15, 0.2) is 16.5 Å². The maximum atomic E-state index is 5.95. The second kappa shape index (κ2) is 3.89. The number of ether oxygens (including phenoxy) is 2. The van der Waals surface area contributed by atoms with Crippen LogP contribution in [0.5, 0.6) is 11.5 Å². The van der Waals surface area contributed by atoms with Crippen molar-refractivity contribution >= 4 is 22.1 Å². The zero-order valence-corrected chi connectivity index (χ0v) is 10.8. The number of fused-ring (bicyclic) bond motifs is 2. The van der Waals surface area contributed by atoms with Crippen molar-refractivity contribution in [3.63, 3.8) is 0 Å². The first-order valence-corrected chi connectivity index (χ1v) is 6.81. The van der Waals surface area contributed by atoms with Gasteiger partial charge >= 0.3 is 0 Å². The lowest BCUT2D eigenvalue weighted by Crippen LogP contribution is -2.15. The summed E-state index contributed by atoms with van der Waals surface area (Å²) in [6.07, 6.45) is 1.67. The highest BCUT2D eigenvalue weighted by atomic mass is 32.1. The van der Waals surface area contributed by atoms with Gasteiger partial charge in [0.25, 0.3) is 0 Å². The largest absolute Gasteiger partial charge is 0.486 e. The van der Waals surface area contributed by atoms with E-state index in [4.69, 9.17) is 15.2 Å². The Kier molecular flexibility index (Phi) is 2.19. The van der Waals surface area contributed by atoms with Crippen LogP contribution in [-0.2, 0) is 0 Å². The molecule has 2 aromatic heterocycles. The SMILES string of the molecule is Nc1cnc2scc(-c3ccc4c(c3)OCCO4)n12. The molecule has 6 heteroatoms. The first-order valence-electron chi connectivity index (χ1n) is 5.93. The monoisotopic (exact) mass is 273 g/mol. The lowest BCUT2D eigenvalue weighted by atomic mass is 10.1. The number of nitrogen functional groups attached to an aromatic ring is 1. The van der Waals surface area contributed by atoms with Crippen LogP contribution in [0.4, 0.5) is 5.82 Å². The van der Waals surface area contributed by atoms with Crippen molar-refractivity contribution in [1.29, 1.82) is 0 Å². The predicted molar refractivity (Wildman–Crippen MR) is 73.9 cm³/mol. The summed E-state index contributed by atoms with van der Waals surface area (Å²) < 4.78 is 13.1. The van der Waals surface area contributed by atoms with Crippen LogP contribution in [0.15, 0.2) is 29.8 Å². The average molecular weight is 273 g/mol. The molecule has 0 aliphatic carbocycles. The minimum Gasteiger partial charge on any atom is -0.486 e. The fraction of sp³-hybridized carbons (Fsp3) is 0.154. The summed E-state index contributed by atoms with van der Waals surface area (Å²) in [7, 11) is 0. The normalized spacial score (nSPS) is 13.9.